The Hall–Kier alpha value is -0.570. The van der Waals surface area contributed by atoms with Crippen LogP contribution in [0.15, 0.2) is 0 Å². The van der Waals surface area contributed by atoms with Crippen LogP contribution >= 0.6 is 0 Å². The minimum atomic E-state index is 0.114. The molecule has 2 N–H and O–H groups in total. The molecule has 2 fully saturated rings. The van der Waals surface area contributed by atoms with Crippen molar-refractivity contribution in [3.63, 3.8) is 0 Å². The summed E-state index contributed by atoms with van der Waals surface area (Å²) in [5.74, 6) is 0.917. The van der Waals surface area contributed by atoms with Gasteiger partial charge >= 0.3 is 0 Å². The van der Waals surface area contributed by atoms with Gasteiger partial charge in [-0.1, -0.05) is 12.8 Å². The summed E-state index contributed by atoms with van der Waals surface area (Å²) in [5, 5.41) is 0. The Bertz CT molecular complexity index is 244. The maximum atomic E-state index is 12.1. The van der Waals surface area contributed by atoms with E-state index in [0.717, 1.165) is 6.54 Å². The second-order valence-electron chi connectivity index (χ2n) is 5.32. The van der Waals surface area contributed by atoms with Gasteiger partial charge in [0.1, 0.15) is 0 Å². The number of carbonyl (C=O) groups is 1. The average molecular weight is 224 g/mol. The quantitative estimate of drug-likeness (QED) is 0.775. The molecule has 92 valence electrons. The Labute approximate surface area is 98.4 Å². The molecule has 2 rings (SSSR count). The van der Waals surface area contributed by atoms with Gasteiger partial charge in [0.2, 0.25) is 5.91 Å². The van der Waals surface area contributed by atoms with Gasteiger partial charge in [0, 0.05) is 25.0 Å². The number of rotatable bonds is 5. The third-order valence-electron chi connectivity index (χ3n) is 4.06. The van der Waals surface area contributed by atoms with Gasteiger partial charge in [-0.3, -0.25) is 4.79 Å². The summed E-state index contributed by atoms with van der Waals surface area (Å²) >= 11 is 0. The maximum Gasteiger partial charge on any atom is 0.224 e. The lowest BCUT2D eigenvalue weighted by Crippen LogP contribution is -2.41. The van der Waals surface area contributed by atoms with E-state index in [2.05, 4.69) is 11.8 Å². The average Bonchev–Trinajstić information content (AvgIpc) is 2.98. The van der Waals surface area contributed by atoms with E-state index in [9.17, 15) is 4.79 Å². The lowest BCUT2D eigenvalue weighted by molar-refractivity contribution is -0.133. The monoisotopic (exact) mass is 224 g/mol. The van der Waals surface area contributed by atoms with Crippen LogP contribution in [0.1, 0.15) is 51.9 Å². The molecule has 2 aliphatic carbocycles. The molecule has 1 atom stereocenters. The molecule has 0 aliphatic heterocycles. The molecule has 0 aromatic heterocycles. The van der Waals surface area contributed by atoms with Crippen molar-refractivity contribution in [1.82, 2.24) is 4.90 Å². The molecule has 0 aromatic carbocycles. The molecule has 0 heterocycles. The summed E-state index contributed by atoms with van der Waals surface area (Å²) in [6.07, 6.45) is 7.96. The molecule has 0 saturated heterocycles. The fourth-order valence-corrected chi connectivity index (χ4v) is 2.86. The largest absolute Gasteiger partial charge is 0.340 e. The van der Waals surface area contributed by atoms with Crippen LogP contribution in [0, 0.1) is 5.92 Å². The number of amides is 1. The molecule has 3 heteroatoms. The number of nitrogens with zero attached hydrogens (tertiary/aromatic N) is 1. The molecule has 0 aromatic rings. The van der Waals surface area contributed by atoms with Gasteiger partial charge in [-0.2, -0.15) is 0 Å². The van der Waals surface area contributed by atoms with Gasteiger partial charge in [0.05, 0.1) is 0 Å². The lowest BCUT2D eigenvalue weighted by atomic mass is 10.1. The first kappa shape index (κ1) is 11.9. The number of hydrogen-bond donors (Lipinski definition) is 1. The highest BCUT2D eigenvalue weighted by molar-refractivity contribution is 5.77. The molecule has 1 amide bonds. The first-order chi connectivity index (χ1) is 7.72. The van der Waals surface area contributed by atoms with Crippen molar-refractivity contribution in [1.29, 1.82) is 0 Å². The number of carbonyl (C=O) groups excluding carboxylic acids is 1. The first-order valence-electron chi connectivity index (χ1n) is 6.77. The third kappa shape index (κ3) is 2.76. The van der Waals surface area contributed by atoms with E-state index >= 15 is 0 Å². The highest BCUT2D eigenvalue weighted by Gasteiger charge is 2.32. The van der Waals surface area contributed by atoms with Gasteiger partial charge in [-0.15, -0.1) is 0 Å². The van der Waals surface area contributed by atoms with Crippen molar-refractivity contribution in [3.05, 3.63) is 0 Å². The first-order valence-corrected chi connectivity index (χ1v) is 6.77. The van der Waals surface area contributed by atoms with Crippen LogP contribution in [-0.4, -0.2) is 29.4 Å². The summed E-state index contributed by atoms with van der Waals surface area (Å²) in [4.78, 5) is 14.2. The molecule has 0 radical (unpaired) electrons. The topological polar surface area (TPSA) is 46.3 Å². The highest BCUT2D eigenvalue weighted by atomic mass is 16.2. The van der Waals surface area contributed by atoms with Crippen molar-refractivity contribution in [3.8, 4) is 0 Å². The van der Waals surface area contributed by atoms with E-state index in [0.29, 0.717) is 18.4 Å². The minimum Gasteiger partial charge on any atom is -0.340 e. The van der Waals surface area contributed by atoms with Crippen LogP contribution in [0.2, 0.25) is 0 Å². The molecular formula is C13H24N2O. The van der Waals surface area contributed by atoms with Crippen LogP contribution < -0.4 is 5.73 Å². The zero-order valence-corrected chi connectivity index (χ0v) is 10.3. The van der Waals surface area contributed by atoms with Crippen molar-refractivity contribution in [2.24, 2.45) is 11.7 Å². The van der Waals surface area contributed by atoms with E-state index in [1.54, 1.807) is 0 Å². The number of hydrogen-bond acceptors (Lipinski definition) is 2. The van der Waals surface area contributed by atoms with E-state index in [1.165, 1.54) is 38.5 Å². The summed E-state index contributed by atoms with van der Waals surface area (Å²) in [6.45, 7) is 2.93. The smallest absolute Gasteiger partial charge is 0.224 e. The molecule has 3 nitrogen and oxygen atoms in total. The summed E-state index contributed by atoms with van der Waals surface area (Å²) in [5.41, 5.74) is 6.02. The Morgan fingerprint density at radius 3 is 2.44 bits per heavy atom. The van der Waals surface area contributed by atoms with Crippen LogP contribution in [0.4, 0.5) is 0 Å². The second kappa shape index (κ2) is 5.17. The molecule has 2 saturated carbocycles. The van der Waals surface area contributed by atoms with E-state index in [4.69, 9.17) is 5.73 Å². The molecule has 0 spiro atoms. The number of nitrogens with two attached hydrogens (primary N) is 1. The Kier molecular flexibility index (Phi) is 3.85. The normalized spacial score (nSPS) is 23.4. The molecule has 0 bridgehead atoms. The van der Waals surface area contributed by atoms with Crippen LogP contribution in [-0.2, 0) is 4.79 Å². The van der Waals surface area contributed by atoms with Gasteiger partial charge < -0.3 is 10.6 Å². The van der Waals surface area contributed by atoms with Crippen LogP contribution in [0.25, 0.3) is 0 Å². The van der Waals surface area contributed by atoms with Gasteiger partial charge in [-0.25, -0.2) is 0 Å². The standard InChI is InChI=1S/C13H24N2O/c1-2-15(11-5-3-4-6-11)13(16)9-12(14)10-7-8-10/h10-12H,2-9,14H2,1H3. The van der Waals surface area contributed by atoms with Gasteiger partial charge in [0.15, 0.2) is 0 Å². The third-order valence-corrected chi connectivity index (χ3v) is 4.06. The lowest BCUT2D eigenvalue weighted by Gasteiger charge is -2.28. The van der Waals surface area contributed by atoms with Gasteiger partial charge in [-0.05, 0) is 38.5 Å². The zero-order chi connectivity index (χ0) is 11.5. The van der Waals surface area contributed by atoms with Crippen LogP contribution in [0.3, 0.4) is 0 Å². The highest BCUT2D eigenvalue weighted by Crippen LogP contribution is 2.33. The predicted octanol–water partition coefficient (Wildman–Crippen LogP) is 1.90. The van der Waals surface area contributed by atoms with E-state index in [-0.39, 0.29) is 11.9 Å². The predicted molar refractivity (Wildman–Crippen MR) is 65.0 cm³/mol. The fourth-order valence-electron chi connectivity index (χ4n) is 2.86. The van der Waals surface area contributed by atoms with E-state index < -0.39 is 0 Å². The summed E-state index contributed by atoms with van der Waals surface area (Å²) in [7, 11) is 0. The molecule has 2 aliphatic rings. The second-order valence-corrected chi connectivity index (χ2v) is 5.32. The van der Waals surface area contributed by atoms with Crippen molar-refractivity contribution in [2.45, 2.75) is 64.0 Å². The molecular weight excluding hydrogens is 200 g/mol. The van der Waals surface area contributed by atoms with Crippen molar-refractivity contribution < 1.29 is 4.79 Å². The maximum absolute atomic E-state index is 12.1. The van der Waals surface area contributed by atoms with Gasteiger partial charge in [0.25, 0.3) is 0 Å². The van der Waals surface area contributed by atoms with Crippen molar-refractivity contribution in [2.75, 3.05) is 6.54 Å². The SMILES string of the molecule is CCN(C(=O)CC(N)C1CC1)C1CCCC1. The minimum absolute atomic E-state index is 0.114. The van der Waals surface area contributed by atoms with Crippen LogP contribution in [0.5, 0.6) is 0 Å². The Morgan fingerprint density at radius 1 is 1.31 bits per heavy atom. The van der Waals surface area contributed by atoms with E-state index in [1.807, 2.05) is 0 Å². The Balaban J connectivity index is 1.84. The zero-order valence-electron chi connectivity index (χ0n) is 10.3. The molecule has 1 unspecified atom stereocenters. The molecule has 16 heavy (non-hydrogen) atoms. The van der Waals surface area contributed by atoms with Crippen molar-refractivity contribution >= 4 is 5.91 Å². The Morgan fingerprint density at radius 2 is 1.94 bits per heavy atom. The summed E-state index contributed by atoms with van der Waals surface area (Å²) in [6, 6.07) is 0.617. The fraction of sp³-hybridized carbons (Fsp3) is 0.923. The summed E-state index contributed by atoms with van der Waals surface area (Å²) < 4.78 is 0.